The molecule has 0 unspecified atom stereocenters. The van der Waals surface area contributed by atoms with Crippen molar-refractivity contribution in [3.63, 3.8) is 0 Å². The molecular weight excluding hydrogens is 368 g/mol. The van der Waals surface area contributed by atoms with Gasteiger partial charge in [0.25, 0.3) is 0 Å². The summed E-state index contributed by atoms with van der Waals surface area (Å²) in [5.74, 6) is 1.69. The number of benzene rings is 3. The van der Waals surface area contributed by atoms with Gasteiger partial charge in [0.2, 0.25) is 0 Å². The summed E-state index contributed by atoms with van der Waals surface area (Å²) in [6.45, 7) is 14.5. The lowest BCUT2D eigenvalue weighted by Gasteiger charge is -2.19. The quantitative estimate of drug-likeness (QED) is 0.419. The summed E-state index contributed by atoms with van der Waals surface area (Å²) in [4.78, 5) is 0. The molecule has 0 radical (unpaired) electrons. The molecule has 0 aliphatic heterocycles. The predicted molar refractivity (Wildman–Crippen MR) is 125 cm³/mol. The van der Waals surface area contributed by atoms with Gasteiger partial charge in [0, 0.05) is 0 Å². The maximum atomic E-state index is 5.97. The van der Waals surface area contributed by atoms with E-state index in [4.69, 9.17) is 9.47 Å². The van der Waals surface area contributed by atoms with Gasteiger partial charge in [-0.05, 0) is 57.3 Å². The molecular formula is C28H34O2. The van der Waals surface area contributed by atoms with Crippen molar-refractivity contribution in [2.24, 2.45) is 0 Å². The molecule has 158 valence electrons. The Bertz CT molecular complexity index is 922. The second-order valence-electron chi connectivity index (χ2n) is 9.96. The molecule has 2 nitrogen and oxygen atoms in total. The van der Waals surface area contributed by atoms with Crippen LogP contribution in [-0.4, -0.2) is 0 Å². The minimum atomic E-state index is 0.148. The molecule has 3 aromatic rings. The highest BCUT2D eigenvalue weighted by Crippen LogP contribution is 2.27. The lowest BCUT2D eigenvalue weighted by molar-refractivity contribution is 0.107. The van der Waals surface area contributed by atoms with Crippen LogP contribution in [0.15, 0.2) is 72.8 Å². The molecule has 0 amide bonds. The average molecular weight is 403 g/mol. The van der Waals surface area contributed by atoms with Crippen molar-refractivity contribution >= 4 is 0 Å². The fourth-order valence-corrected chi connectivity index (χ4v) is 3.20. The summed E-state index contributed by atoms with van der Waals surface area (Å²) < 4.78 is 11.9. The maximum absolute atomic E-state index is 5.97. The maximum Gasteiger partial charge on any atom is 0.127 e. The minimum absolute atomic E-state index is 0.148. The van der Waals surface area contributed by atoms with E-state index in [-0.39, 0.29) is 10.8 Å². The molecule has 30 heavy (non-hydrogen) atoms. The smallest absolute Gasteiger partial charge is 0.127 e. The van der Waals surface area contributed by atoms with Gasteiger partial charge in [-0.2, -0.15) is 0 Å². The molecule has 0 fully saturated rings. The summed E-state index contributed by atoms with van der Waals surface area (Å²) in [6, 6.07) is 25.1. The summed E-state index contributed by atoms with van der Waals surface area (Å²) in [7, 11) is 0. The first-order valence-corrected chi connectivity index (χ1v) is 10.7. The van der Waals surface area contributed by atoms with Gasteiger partial charge in [0.1, 0.15) is 11.5 Å². The Morgan fingerprint density at radius 2 is 0.833 bits per heavy atom. The number of ether oxygens (including phenoxy) is 2. The fourth-order valence-electron chi connectivity index (χ4n) is 3.20. The lowest BCUT2D eigenvalue weighted by atomic mass is 9.87. The standard InChI is InChI=1S/C28H34O2/c1-27(2,3)23-11-7-21(8-12-23)19-29-20-22-9-15-25(16-10-22)30-26-17-13-24(14-18-26)28(4,5)6/h7-18H,19-20H2,1-6H3. The van der Waals surface area contributed by atoms with E-state index in [1.54, 1.807) is 0 Å². The van der Waals surface area contributed by atoms with Crippen molar-refractivity contribution in [2.45, 2.75) is 65.6 Å². The van der Waals surface area contributed by atoms with Crippen molar-refractivity contribution < 1.29 is 9.47 Å². The Hall–Kier alpha value is -2.58. The van der Waals surface area contributed by atoms with Gasteiger partial charge >= 0.3 is 0 Å². The van der Waals surface area contributed by atoms with Crippen molar-refractivity contribution in [3.05, 3.63) is 95.1 Å². The molecule has 3 rings (SSSR count). The molecule has 0 heterocycles. The summed E-state index contributed by atoms with van der Waals surface area (Å²) in [5, 5.41) is 0. The van der Waals surface area contributed by atoms with Gasteiger partial charge in [-0.1, -0.05) is 90.1 Å². The molecule has 0 atom stereocenters. The molecule has 0 spiro atoms. The number of hydrogen-bond donors (Lipinski definition) is 0. The van der Waals surface area contributed by atoms with Crippen LogP contribution in [0.5, 0.6) is 11.5 Å². The van der Waals surface area contributed by atoms with Gasteiger partial charge in [-0.25, -0.2) is 0 Å². The molecule has 0 aliphatic rings. The molecule has 0 saturated carbocycles. The Morgan fingerprint density at radius 3 is 1.23 bits per heavy atom. The van der Waals surface area contributed by atoms with E-state index in [9.17, 15) is 0 Å². The van der Waals surface area contributed by atoms with E-state index < -0.39 is 0 Å². The number of hydrogen-bond acceptors (Lipinski definition) is 2. The predicted octanol–water partition coefficient (Wildman–Crippen LogP) is 7.79. The molecule has 0 saturated heterocycles. The van der Waals surface area contributed by atoms with E-state index in [2.05, 4.69) is 90.1 Å². The van der Waals surface area contributed by atoms with E-state index in [1.165, 1.54) is 16.7 Å². The van der Waals surface area contributed by atoms with Crippen LogP contribution in [0.4, 0.5) is 0 Å². The first-order valence-electron chi connectivity index (χ1n) is 10.7. The molecule has 3 aromatic carbocycles. The summed E-state index contributed by atoms with van der Waals surface area (Å²) in [6.07, 6.45) is 0. The van der Waals surface area contributed by atoms with Crippen LogP contribution in [-0.2, 0) is 28.8 Å². The average Bonchev–Trinajstić information content (AvgIpc) is 2.69. The molecule has 0 bridgehead atoms. The Morgan fingerprint density at radius 1 is 0.500 bits per heavy atom. The van der Waals surface area contributed by atoms with E-state index in [0.717, 1.165) is 17.1 Å². The van der Waals surface area contributed by atoms with Crippen LogP contribution in [0.1, 0.15) is 63.8 Å². The third-order valence-electron chi connectivity index (χ3n) is 5.24. The molecule has 2 heteroatoms. The second kappa shape index (κ2) is 9.06. The normalized spacial score (nSPS) is 12.1. The summed E-state index contributed by atoms with van der Waals surface area (Å²) in [5.41, 5.74) is 5.30. The second-order valence-corrected chi connectivity index (χ2v) is 9.96. The van der Waals surface area contributed by atoms with Gasteiger partial charge < -0.3 is 9.47 Å². The zero-order valence-electron chi connectivity index (χ0n) is 19.2. The zero-order valence-corrected chi connectivity index (χ0v) is 19.2. The van der Waals surface area contributed by atoms with Gasteiger partial charge in [0.15, 0.2) is 0 Å². The van der Waals surface area contributed by atoms with Crippen LogP contribution >= 0.6 is 0 Å². The highest BCUT2D eigenvalue weighted by molar-refractivity contribution is 5.36. The molecule has 0 N–H and O–H groups in total. The highest BCUT2D eigenvalue weighted by Gasteiger charge is 2.13. The van der Waals surface area contributed by atoms with Crippen LogP contribution in [0.2, 0.25) is 0 Å². The summed E-state index contributed by atoms with van der Waals surface area (Å²) >= 11 is 0. The van der Waals surface area contributed by atoms with Crippen LogP contribution in [0.3, 0.4) is 0 Å². The zero-order chi connectivity index (χ0) is 21.8. The Labute approximate surface area is 181 Å². The molecule has 0 aliphatic carbocycles. The SMILES string of the molecule is CC(C)(C)c1ccc(COCc2ccc(Oc3ccc(C(C)(C)C)cc3)cc2)cc1. The van der Waals surface area contributed by atoms with Crippen LogP contribution in [0.25, 0.3) is 0 Å². The fraction of sp³-hybridized carbons (Fsp3) is 0.357. The van der Waals surface area contributed by atoms with Crippen LogP contribution in [0, 0.1) is 0 Å². The topological polar surface area (TPSA) is 18.5 Å². The van der Waals surface area contributed by atoms with E-state index in [1.807, 2.05) is 24.3 Å². The van der Waals surface area contributed by atoms with Gasteiger partial charge in [-0.15, -0.1) is 0 Å². The molecule has 0 aromatic heterocycles. The van der Waals surface area contributed by atoms with E-state index in [0.29, 0.717) is 13.2 Å². The third kappa shape index (κ3) is 6.21. The van der Waals surface area contributed by atoms with Crippen molar-refractivity contribution in [3.8, 4) is 11.5 Å². The Balaban J connectivity index is 1.50. The lowest BCUT2D eigenvalue weighted by Crippen LogP contribution is -2.10. The van der Waals surface area contributed by atoms with Crippen molar-refractivity contribution in [2.75, 3.05) is 0 Å². The van der Waals surface area contributed by atoms with Gasteiger partial charge in [-0.3, -0.25) is 0 Å². The largest absolute Gasteiger partial charge is 0.457 e. The van der Waals surface area contributed by atoms with Crippen molar-refractivity contribution in [1.82, 2.24) is 0 Å². The minimum Gasteiger partial charge on any atom is -0.457 e. The Kier molecular flexibility index (Phi) is 6.67. The van der Waals surface area contributed by atoms with Gasteiger partial charge in [0.05, 0.1) is 13.2 Å². The number of rotatable bonds is 6. The monoisotopic (exact) mass is 402 g/mol. The first kappa shape index (κ1) is 22.1. The third-order valence-corrected chi connectivity index (χ3v) is 5.24. The first-order chi connectivity index (χ1) is 14.1. The highest BCUT2D eigenvalue weighted by atomic mass is 16.5. The van der Waals surface area contributed by atoms with Crippen molar-refractivity contribution in [1.29, 1.82) is 0 Å². The van der Waals surface area contributed by atoms with Crippen LogP contribution < -0.4 is 4.74 Å². The van der Waals surface area contributed by atoms with E-state index >= 15 is 0 Å².